The van der Waals surface area contributed by atoms with E-state index in [-0.39, 0.29) is 23.3 Å². The third kappa shape index (κ3) is 4.87. The predicted octanol–water partition coefficient (Wildman–Crippen LogP) is 4.09. The Balaban J connectivity index is 1.66. The summed E-state index contributed by atoms with van der Waals surface area (Å²) >= 11 is 1.42. The number of nitrogens with zero attached hydrogens (tertiary/aromatic N) is 3. The molecule has 1 aromatic heterocycles. The van der Waals surface area contributed by atoms with Crippen LogP contribution < -0.4 is 10.2 Å². The molecule has 1 unspecified atom stereocenters. The Hall–Kier alpha value is -3.08. The largest absolute Gasteiger partial charge is 0.383 e. The van der Waals surface area contributed by atoms with Crippen LogP contribution in [0.4, 0.5) is 16.5 Å². The van der Waals surface area contributed by atoms with E-state index in [0.29, 0.717) is 37.1 Å². The molecule has 1 fully saturated rings. The zero-order valence-electron chi connectivity index (χ0n) is 17.7. The molecule has 1 aliphatic heterocycles. The molecule has 10 heteroatoms. The highest BCUT2D eigenvalue weighted by atomic mass is 32.1. The first-order chi connectivity index (χ1) is 15.6. The molecule has 1 aliphatic rings. The molecule has 2 aromatic carbocycles. The highest BCUT2D eigenvalue weighted by Gasteiger charge is 2.28. The molecule has 1 N–H and O–H groups in total. The highest BCUT2D eigenvalue weighted by molar-refractivity contribution is 7.22. The van der Waals surface area contributed by atoms with E-state index in [9.17, 15) is 14.9 Å². The number of para-hydroxylation sites is 1. The fraction of sp³-hybridized carbons (Fsp3) is 0.364. The van der Waals surface area contributed by atoms with Crippen LogP contribution in [-0.2, 0) is 9.47 Å². The Morgan fingerprint density at radius 2 is 2.22 bits per heavy atom. The van der Waals surface area contributed by atoms with Crippen LogP contribution in [0.5, 0.6) is 0 Å². The van der Waals surface area contributed by atoms with Crippen molar-refractivity contribution in [3.8, 4) is 0 Å². The van der Waals surface area contributed by atoms with E-state index in [4.69, 9.17) is 9.47 Å². The molecule has 0 aliphatic carbocycles. The predicted molar refractivity (Wildman–Crippen MR) is 124 cm³/mol. The minimum Gasteiger partial charge on any atom is -0.383 e. The van der Waals surface area contributed by atoms with Crippen LogP contribution >= 0.6 is 11.3 Å². The molecule has 32 heavy (non-hydrogen) atoms. The normalized spacial score (nSPS) is 15.7. The third-order valence-electron chi connectivity index (χ3n) is 5.23. The Bertz CT molecular complexity index is 1080. The molecule has 4 rings (SSSR count). The maximum absolute atomic E-state index is 13.5. The molecular weight excluding hydrogens is 432 g/mol. The number of nitro groups is 1. The van der Waals surface area contributed by atoms with Crippen LogP contribution in [0.1, 0.15) is 23.2 Å². The van der Waals surface area contributed by atoms with Crippen LogP contribution in [0.3, 0.4) is 0 Å². The summed E-state index contributed by atoms with van der Waals surface area (Å²) in [4.78, 5) is 30.9. The van der Waals surface area contributed by atoms with Gasteiger partial charge in [0, 0.05) is 31.9 Å². The van der Waals surface area contributed by atoms with Crippen LogP contribution in [0.15, 0.2) is 42.5 Å². The number of thiazole rings is 1. The number of hydrogen-bond acceptors (Lipinski definition) is 8. The zero-order valence-corrected chi connectivity index (χ0v) is 18.5. The van der Waals surface area contributed by atoms with Gasteiger partial charge in [0.15, 0.2) is 5.13 Å². The lowest BCUT2D eigenvalue weighted by molar-refractivity contribution is -0.384. The Morgan fingerprint density at radius 3 is 2.94 bits per heavy atom. The van der Waals surface area contributed by atoms with Gasteiger partial charge in [0.25, 0.3) is 11.6 Å². The summed E-state index contributed by atoms with van der Waals surface area (Å²) in [5.74, 6) is -0.342. The van der Waals surface area contributed by atoms with E-state index in [1.165, 1.54) is 17.4 Å². The number of methoxy groups -OCH3 is 1. The molecule has 0 saturated carbocycles. The highest BCUT2D eigenvalue weighted by Crippen LogP contribution is 2.32. The Morgan fingerprint density at radius 1 is 1.38 bits per heavy atom. The van der Waals surface area contributed by atoms with Gasteiger partial charge in [-0.2, -0.15) is 0 Å². The van der Waals surface area contributed by atoms with Crippen molar-refractivity contribution in [3.05, 3.63) is 58.1 Å². The number of carbonyl (C=O) groups is 1. The average molecular weight is 457 g/mol. The summed E-state index contributed by atoms with van der Waals surface area (Å²) in [6.07, 6.45) is 1.72. The molecule has 0 radical (unpaired) electrons. The monoisotopic (exact) mass is 456 g/mol. The first kappa shape index (κ1) is 22.1. The van der Waals surface area contributed by atoms with Crippen molar-refractivity contribution in [1.82, 2.24) is 4.98 Å². The molecule has 9 nitrogen and oxygen atoms in total. The summed E-state index contributed by atoms with van der Waals surface area (Å²) < 4.78 is 11.7. The van der Waals surface area contributed by atoms with E-state index in [2.05, 4.69) is 10.3 Å². The van der Waals surface area contributed by atoms with E-state index >= 15 is 0 Å². The molecule has 1 amide bonds. The van der Waals surface area contributed by atoms with Gasteiger partial charge in [-0.1, -0.05) is 23.5 Å². The number of ether oxygens (including phenoxy) is 2. The minimum atomic E-state index is -0.492. The number of fused-ring (bicyclic) bond motifs is 1. The van der Waals surface area contributed by atoms with Gasteiger partial charge in [-0.3, -0.25) is 19.8 Å². The number of benzene rings is 2. The van der Waals surface area contributed by atoms with Gasteiger partial charge in [0.1, 0.15) is 5.69 Å². The summed E-state index contributed by atoms with van der Waals surface area (Å²) in [7, 11) is 1.56. The van der Waals surface area contributed by atoms with E-state index < -0.39 is 4.92 Å². The lowest BCUT2D eigenvalue weighted by atomic mass is 10.1. The van der Waals surface area contributed by atoms with Crippen molar-refractivity contribution >= 4 is 44.0 Å². The van der Waals surface area contributed by atoms with Gasteiger partial charge in [-0.15, -0.1) is 0 Å². The Kier molecular flexibility index (Phi) is 6.93. The van der Waals surface area contributed by atoms with Crippen LogP contribution in [0.2, 0.25) is 0 Å². The maximum Gasteiger partial charge on any atom is 0.293 e. The topological polar surface area (TPSA) is 107 Å². The number of hydrogen-bond donors (Lipinski definition) is 1. The van der Waals surface area contributed by atoms with Crippen LogP contribution in [-0.4, -0.2) is 55.3 Å². The van der Waals surface area contributed by atoms with Crippen molar-refractivity contribution < 1.29 is 19.2 Å². The van der Waals surface area contributed by atoms with Crippen molar-refractivity contribution in [2.45, 2.75) is 18.9 Å². The number of rotatable bonds is 9. The summed E-state index contributed by atoms with van der Waals surface area (Å²) in [6.45, 7) is 1.84. The van der Waals surface area contributed by atoms with Crippen molar-refractivity contribution in [1.29, 1.82) is 0 Å². The number of carbonyl (C=O) groups excluding carboxylic acids is 1. The van der Waals surface area contributed by atoms with Gasteiger partial charge in [-0.25, -0.2) is 4.98 Å². The molecule has 168 valence electrons. The second kappa shape index (κ2) is 10.0. The lowest BCUT2D eigenvalue weighted by Crippen LogP contribution is -2.37. The molecule has 2 heterocycles. The van der Waals surface area contributed by atoms with Gasteiger partial charge in [-0.05, 0) is 37.1 Å². The number of nitro benzene ring substituents is 1. The summed E-state index contributed by atoms with van der Waals surface area (Å²) in [5.41, 5.74) is 1.22. The third-order valence-corrected chi connectivity index (χ3v) is 6.29. The maximum atomic E-state index is 13.5. The first-order valence-corrected chi connectivity index (χ1v) is 11.2. The van der Waals surface area contributed by atoms with Gasteiger partial charge < -0.3 is 14.8 Å². The smallest absolute Gasteiger partial charge is 0.293 e. The second-order valence-electron chi connectivity index (χ2n) is 7.42. The second-order valence-corrected chi connectivity index (χ2v) is 8.43. The number of amides is 1. The fourth-order valence-electron chi connectivity index (χ4n) is 3.62. The SMILES string of the molecule is COCCNc1ccc(C(=O)N(CC2CCCO2)c2nc3ccccc3s2)cc1[N+](=O)[O-]. The van der Waals surface area contributed by atoms with Crippen molar-refractivity contribution in [2.75, 3.05) is 43.6 Å². The van der Waals surface area contributed by atoms with Gasteiger partial charge in [0.05, 0.1) is 34.4 Å². The Labute approximate surface area is 189 Å². The molecule has 0 bridgehead atoms. The summed E-state index contributed by atoms with van der Waals surface area (Å²) in [5, 5.41) is 15.2. The molecule has 0 spiro atoms. The average Bonchev–Trinajstić information content (AvgIpc) is 3.46. The van der Waals surface area contributed by atoms with Crippen molar-refractivity contribution in [2.24, 2.45) is 0 Å². The number of anilines is 2. The van der Waals surface area contributed by atoms with Crippen molar-refractivity contribution in [3.63, 3.8) is 0 Å². The van der Waals surface area contributed by atoms with Crippen LogP contribution in [0.25, 0.3) is 10.2 Å². The van der Waals surface area contributed by atoms with Gasteiger partial charge >= 0.3 is 0 Å². The van der Waals surface area contributed by atoms with E-state index in [0.717, 1.165) is 23.1 Å². The molecule has 3 aromatic rings. The van der Waals surface area contributed by atoms with E-state index in [1.54, 1.807) is 24.1 Å². The zero-order chi connectivity index (χ0) is 22.5. The quantitative estimate of drug-likeness (QED) is 0.294. The first-order valence-electron chi connectivity index (χ1n) is 10.4. The number of nitrogens with one attached hydrogen (secondary N) is 1. The van der Waals surface area contributed by atoms with E-state index in [1.807, 2.05) is 24.3 Å². The molecule has 1 saturated heterocycles. The number of aromatic nitrogens is 1. The lowest BCUT2D eigenvalue weighted by Gasteiger charge is -2.23. The summed E-state index contributed by atoms with van der Waals surface area (Å²) in [6, 6.07) is 12.1. The standard InChI is InChI=1S/C22H24N4O5S/c1-30-12-10-23-17-9-8-15(13-19(17)26(28)29)21(27)25(14-16-5-4-11-31-16)22-24-18-6-2-3-7-20(18)32-22/h2-3,6-9,13,16,23H,4-5,10-12,14H2,1H3. The fourth-order valence-corrected chi connectivity index (χ4v) is 4.60. The van der Waals surface area contributed by atoms with Crippen LogP contribution in [0, 0.1) is 10.1 Å². The van der Waals surface area contributed by atoms with Gasteiger partial charge in [0.2, 0.25) is 0 Å². The minimum absolute atomic E-state index is 0.0871. The molecular formula is C22H24N4O5S. The molecule has 1 atom stereocenters.